The van der Waals surface area contributed by atoms with Gasteiger partial charge in [-0.15, -0.1) is 0 Å². The monoisotopic (exact) mass is 349 g/mol. The van der Waals surface area contributed by atoms with Crippen molar-refractivity contribution in [1.29, 1.82) is 0 Å². The van der Waals surface area contributed by atoms with Gasteiger partial charge in [0.05, 0.1) is 29.4 Å². The van der Waals surface area contributed by atoms with Crippen molar-refractivity contribution in [1.82, 2.24) is 10.3 Å². The highest BCUT2D eigenvalue weighted by Gasteiger charge is 2.80. The minimum Gasteiger partial charge on any atom is -0.347 e. The molecule has 1 heterocycles. The van der Waals surface area contributed by atoms with Crippen molar-refractivity contribution in [3.63, 3.8) is 0 Å². The number of nitrogens with two attached hydrogens (primary N) is 1. The summed E-state index contributed by atoms with van der Waals surface area (Å²) in [6.07, 6.45) is -3.94. The molecule has 0 saturated heterocycles. The van der Waals surface area contributed by atoms with Crippen LogP contribution in [0.4, 0.5) is 22.0 Å². The molecule has 2 atom stereocenters. The normalized spacial score (nSPS) is 30.8. The molecule has 0 spiro atoms. The van der Waals surface area contributed by atoms with Crippen molar-refractivity contribution in [2.75, 3.05) is 0 Å². The van der Waals surface area contributed by atoms with Gasteiger partial charge in [0.15, 0.2) is 0 Å². The Morgan fingerprint density at radius 1 is 1.33 bits per heavy atom. The topological polar surface area (TPSA) is 68.0 Å². The fraction of sp³-hybridized carbons (Fsp3) is 0.600. The number of amides is 1. The summed E-state index contributed by atoms with van der Waals surface area (Å²) in [5.74, 6) is -2.43. The van der Waals surface area contributed by atoms with E-state index in [9.17, 15) is 26.7 Å². The van der Waals surface area contributed by atoms with Gasteiger partial charge in [0.25, 0.3) is 0 Å². The number of aromatic nitrogens is 1. The molecular weight excluding hydrogens is 333 g/mol. The van der Waals surface area contributed by atoms with Gasteiger partial charge in [-0.3, -0.25) is 9.78 Å². The summed E-state index contributed by atoms with van der Waals surface area (Å²) in [7, 11) is 0. The Hall–Kier alpha value is -1.77. The fourth-order valence-corrected chi connectivity index (χ4v) is 3.89. The summed E-state index contributed by atoms with van der Waals surface area (Å²) in [6.45, 7) is 1.44. The summed E-state index contributed by atoms with van der Waals surface area (Å²) in [4.78, 5) is 15.8. The standard InChI is InChI=1S/C15H16F5N3O/c1-7(10-9(17)2-8(16)3-22-10)23-12(24)11(21)13-4-14(5-13,6-13)15(18,19)20/h2-3,7,11H,4-6,21H2,1H3,(H,23,24)/t7-,11?,13?,14?/m1/s1. The van der Waals surface area contributed by atoms with Gasteiger partial charge in [-0.1, -0.05) is 0 Å². The van der Waals surface area contributed by atoms with Gasteiger partial charge in [-0.25, -0.2) is 8.78 Å². The van der Waals surface area contributed by atoms with Crippen molar-refractivity contribution in [3.05, 3.63) is 29.6 Å². The van der Waals surface area contributed by atoms with Gasteiger partial charge < -0.3 is 11.1 Å². The Bertz CT molecular complexity index is 670. The number of carbonyl (C=O) groups excluding carboxylic acids is 1. The first-order valence-corrected chi connectivity index (χ1v) is 7.43. The summed E-state index contributed by atoms with van der Waals surface area (Å²) >= 11 is 0. The SMILES string of the molecule is C[C@@H](NC(=O)C(N)C12CC(C(F)(F)F)(C1)C2)c1ncc(F)cc1F. The summed E-state index contributed by atoms with van der Waals surface area (Å²) in [5, 5.41) is 2.44. The number of halogens is 5. The molecule has 3 saturated carbocycles. The molecule has 132 valence electrons. The highest BCUT2D eigenvalue weighted by molar-refractivity contribution is 5.83. The van der Waals surface area contributed by atoms with Gasteiger partial charge in [0.1, 0.15) is 11.6 Å². The molecule has 3 aliphatic carbocycles. The van der Waals surface area contributed by atoms with Gasteiger partial charge in [-0.05, 0) is 31.6 Å². The zero-order chi connectivity index (χ0) is 17.9. The Morgan fingerprint density at radius 2 is 1.92 bits per heavy atom. The van der Waals surface area contributed by atoms with Crippen LogP contribution < -0.4 is 11.1 Å². The lowest BCUT2D eigenvalue weighted by molar-refractivity contribution is -0.365. The Labute approximate surface area is 134 Å². The summed E-state index contributed by atoms with van der Waals surface area (Å²) in [6, 6.07) is -1.35. The van der Waals surface area contributed by atoms with Crippen LogP contribution in [0, 0.1) is 22.5 Å². The van der Waals surface area contributed by atoms with Gasteiger partial charge >= 0.3 is 6.18 Å². The second-order valence-corrected chi connectivity index (χ2v) is 6.90. The maximum absolute atomic E-state index is 13.6. The zero-order valence-electron chi connectivity index (χ0n) is 12.8. The van der Waals surface area contributed by atoms with Crippen LogP contribution in [0.2, 0.25) is 0 Å². The predicted octanol–water partition coefficient (Wildman–Crippen LogP) is 2.60. The molecule has 1 aromatic heterocycles. The van der Waals surface area contributed by atoms with Crippen molar-refractivity contribution in [2.24, 2.45) is 16.6 Å². The average molecular weight is 349 g/mol. The highest BCUT2D eigenvalue weighted by Crippen LogP contribution is 2.79. The number of alkyl halides is 3. The second kappa shape index (κ2) is 5.11. The minimum absolute atomic E-state index is 0.157. The fourth-order valence-electron chi connectivity index (χ4n) is 3.89. The lowest BCUT2D eigenvalue weighted by Crippen LogP contribution is -2.75. The van der Waals surface area contributed by atoms with E-state index in [1.54, 1.807) is 0 Å². The first-order chi connectivity index (χ1) is 11.0. The molecule has 3 aliphatic rings. The lowest BCUT2D eigenvalue weighted by Gasteiger charge is -2.72. The molecule has 1 unspecified atom stereocenters. The maximum Gasteiger partial charge on any atom is 0.394 e. The summed E-state index contributed by atoms with van der Waals surface area (Å²) in [5.41, 5.74) is 3.13. The molecule has 9 heteroatoms. The van der Waals surface area contributed by atoms with E-state index < -0.39 is 46.6 Å². The number of carbonyl (C=O) groups is 1. The number of hydrogen-bond donors (Lipinski definition) is 2. The first-order valence-electron chi connectivity index (χ1n) is 7.43. The Kier molecular flexibility index (Phi) is 3.63. The quantitative estimate of drug-likeness (QED) is 0.821. The number of nitrogens with zero attached hydrogens (tertiary/aromatic N) is 1. The molecule has 1 aromatic rings. The van der Waals surface area contributed by atoms with Crippen molar-refractivity contribution < 1.29 is 26.7 Å². The minimum atomic E-state index is -4.28. The van der Waals surface area contributed by atoms with Crippen LogP contribution in [0.1, 0.15) is 37.9 Å². The highest BCUT2D eigenvalue weighted by atomic mass is 19.4. The van der Waals surface area contributed by atoms with E-state index in [0.717, 1.165) is 6.20 Å². The first kappa shape index (κ1) is 17.1. The van der Waals surface area contributed by atoms with Crippen LogP contribution in [0.3, 0.4) is 0 Å². The van der Waals surface area contributed by atoms with Crippen LogP contribution in [-0.2, 0) is 4.79 Å². The van der Waals surface area contributed by atoms with Crippen LogP contribution >= 0.6 is 0 Å². The van der Waals surface area contributed by atoms with E-state index in [2.05, 4.69) is 10.3 Å². The van der Waals surface area contributed by atoms with Crippen LogP contribution in [-0.4, -0.2) is 23.1 Å². The number of hydrogen-bond acceptors (Lipinski definition) is 3. The molecule has 1 amide bonds. The largest absolute Gasteiger partial charge is 0.394 e. The van der Waals surface area contributed by atoms with Crippen LogP contribution in [0.25, 0.3) is 0 Å². The van der Waals surface area contributed by atoms with Gasteiger partial charge in [0.2, 0.25) is 5.91 Å². The third-order valence-corrected chi connectivity index (χ3v) is 5.22. The van der Waals surface area contributed by atoms with E-state index in [-0.39, 0.29) is 25.0 Å². The van der Waals surface area contributed by atoms with Crippen LogP contribution in [0.15, 0.2) is 12.3 Å². The van der Waals surface area contributed by atoms with E-state index >= 15 is 0 Å². The second-order valence-electron chi connectivity index (χ2n) is 6.90. The van der Waals surface area contributed by atoms with E-state index in [0.29, 0.717) is 6.07 Å². The number of rotatable bonds is 4. The number of pyridine rings is 1. The molecule has 0 aliphatic heterocycles. The van der Waals surface area contributed by atoms with Crippen molar-refractivity contribution in [3.8, 4) is 0 Å². The Morgan fingerprint density at radius 3 is 2.42 bits per heavy atom. The van der Waals surface area contributed by atoms with E-state index in [1.807, 2.05) is 0 Å². The Balaban J connectivity index is 1.62. The molecule has 0 aromatic carbocycles. The molecule has 24 heavy (non-hydrogen) atoms. The van der Waals surface area contributed by atoms with E-state index in [4.69, 9.17) is 5.73 Å². The smallest absolute Gasteiger partial charge is 0.347 e. The molecule has 0 radical (unpaired) electrons. The molecule has 3 N–H and O–H groups in total. The molecule has 3 fully saturated rings. The summed E-state index contributed by atoms with van der Waals surface area (Å²) < 4.78 is 65.0. The third kappa shape index (κ3) is 2.37. The third-order valence-electron chi connectivity index (χ3n) is 5.22. The molecule has 4 rings (SSSR count). The molecule has 2 bridgehead atoms. The van der Waals surface area contributed by atoms with Gasteiger partial charge in [-0.2, -0.15) is 13.2 Å². The van der Waals surface area contributed by atoms with E-state index in [1.165, 1.54) is 6.92 Å². The predicted molar refractivity (Wildman–Crippen MR) is 73.5 cm³/mol. The number of nitrogens with one attached hydrogen (secondary N) is 1. The average Bonchev–Trinajstić information content (AvgIpc) is 2.32. The zero-order valence-corrected chi connectivity index (χ0v) is 12.8. The van der Waals surface area contributed by atoms with Crippen molar-refractivity contribution >= 4 is 5.91 Å². The lowest BCUT2D eigenvalue weighted by atomic mass is 9.33. The van der Waals surface area contributed by atoms with Gasteiger partial charge in [0, 0.05) is 6.07 Å². The molecular formula is C15H16F5N3O. The molecule has 4 nitrogen and oxygen atoms in total. The van der Waals surface area contributed by atoms with Crippen molar-refractivity contribution in [2.45, 2.75) is 44.4 Å². The van der Waals surface area contributed by atoms with Crippen LogP contribution in [0.5, 0.6) is 0 Å². The maximum atomic E-state index is 13.6.